The molecule has 0 unspecified atom stereocenters. The third-order valence-electron chi connectivity index (χ3n) is 6.66. The van der Waals surface area contributed by atoms with Gasteiger partial charge in [0.25, 0.3) is 15.9 Å². The number of sulfonamides is 1. The van der Waals surface area contributed by atoms with Crippen molar-refractivity contribution in [2.45, 2.75) is 61.7 Å². The van der Waals surface area contributed by atoms with E-state index in [1.54, 1.807) is 5.38 Å². The van der Waals surface area contributed by atoms with E-state index < -0.39 is 10.0 Å². The molecule has 8 nitrogen and oxygen atoms in total. The highest BCUT2D eigenvalue weighted by molar-refractivity contribution is 7.91. The van der Waals surface area contributed by atoms with E-state index in [2.05, 4.69) is 5.32 Å². The topological polar surface area (TPSA) is 96.0 Å². The molecule has 4 rings (SSSR count). The van der Waals surface area contributed by atoms with E-state index >= 15 is 0 Å². The average Bonchev–Trinajstić information content (AvgIpc) is 3.44. The molecule has 10 heteroatoms. The number of nitrogens with zero attached hydrogens (tertiary/aromatic N) is 2. The molecule has 3 fully saturated rings. The van der Waals surface area contributed by atoms with Crippen molar-refractivity contribution in [1.29, 1.82) is 0 Å². The van der Waals surface area contributed by atoms with E-state index in [1.807, 2.05) is 4.90 Å². The van der Waals surface area contributed by atoms with Crippen LogP contribution in [0.1, 0.15) is 61.7 Å². The Kier molecular flexibility index (Phi) is 7.86. The summed E-state index contributed by atoms with van der Waals surface area (Å²) in [5.41, 5.74) is 0.457. The Labute approximate surface area is 194 Å². The molecule has 2 amide bonds. The van der Waals surface area contributed by atoms with E-state index in [0.29, 0.717) is 38.0 Å². The highest BCUT2D eigenvalue weighted by Gasteiger charge is 2.34. The van der Waals surface area contributed by atoms with Gasteiger partial charge in [0.1, 0.15) is 4.21 Å². The molecule has 178 valence electrons. The van der Waals surface area contributed by atoms with Crippen LogP contribution in [0.15, 0.2) is 15.7 Å². The summed E-state index contributed by atoms with van der Waals surface area (Å²) >= 11 is 1.11. The van der Waals surface area contributed by atoms with Gasteiger partial charge in [0.15, 0.2) is 0 Å². The van der Waals surface area contributed by atoms with Gasteiger partial charge in [-0.1, -0.05) is 12.8 Å². The minimum absolute atomic E-state index is 0.0148. The molecule has 0 saturated carbocycles. The first-order valence-electron chi connectivity index (χ1n) is 11.7. The monoisotopic (exact) mass is 483 g/mol. The molecule has 3 aliphatic rings. The molecule has 4 heterocycles. The normalized spacial score (nSPS) is 23.8. The van der Waals surface area contributed by atoms with Gasteiger partial charge >= 0.3 is 0 Å². The second-order valence-electron chi connectivity index (χ2n) is 8.92. The third-order valence-corrected chi connectivity index (χ3v) is 9.98. The molecule has 0 radical (unpaired) electrons. The van der Waals surface area contributed by atoms with E-state index in [0.717, 1.165) is 69.6 Å². The molecular formula is C22H33N3O5S2. The van der Waals surface area contributed by atoms with Crippen LogP contribution in [0.4, 0.5) is 0 Å². The van der Waals surface area contributed by atoms with Gasteiger partial charge in [-0.15, -0.1) is 11.3 Å². The summed E-state index contributed by atoms with van der Waals surface area (Å²) in [6.45, 7) is 3.38. The molecule has 0 bridgehead atoms. The van der Waals surface area contributed by atoms with E-state index in [4.69, 9.17) is 4.74 Å². The molecule has 32 heavy (non-hydrogen) atoms. The lowest BCUT2D eigenvalue weighted by molar-refractivity contribution is -0.126. The maximum Gasteiger partial charge on any atom is 0.254 e. The highest BCUT2D eigenvalue weighted by Crippen LogP contribution is 2.29. The van der Waals surface area contributed by atoms with Gasteiger partial charge in [0.05, 0.1) is 11.7 Å². The lowest BCUT2D eigenvalue weighted by Crippen LogP contribution is -2.44. The first-order chi connectivity index (χ1) is 15.4. The Balaban J connectivity index is 1.31. The molecule has 1 aromatic rings. The number of nitrogens with one attached hydrogen (secondary N) is 1. The van der Waals surface area contributed by atoms with Crippen molar-refractivity contribution in [2.24, 2.45) is 5.92 Å². The van der Waals surface area contributed by atoms with E-state index in [1.165, 1.54) is 10.4 Å². The van der Waals surface area contributed by atoms with Crippen LogP contribution in [0.5, 0.6) is 0 Å². The summed E-state index contributed by atoms with van der Waals surface area (Å²) in [5.74, 6) is -0.267. The van der Waals surface area contributed by atoms with Crippen LogP contribution in [0.2, 0.25) is 0 Å². The van der Waals surface area contributed by atoms with E-state index in [-0.39, 0.29) is 28.0 Å². The number of likely N-dealkylation sites (tertiary alicyclic amines) is 1. The molecule has 3 saturated heterocycles. The molecular weight excluding hydrogens is 450 g/mol. The first kappa shape index (κ1) is 23.7. The predicted molar refractivity (Wildman–Crippen MR) is 122 cm³/mol. The maximum atomic E-state index is 13.1. The minimum Gasteiger partial charge on any atom is -0.376 e. The van der Waals surface area contributed by atoms with Crippen LogP contribution in [0.25, 0.3) is 0 Å². The quantitative estimate of drug-likeness (QED) is 0.671. The van der Waals surface area contributed by atoms with Crippen molar-refractivity contribution < 1.29 is 22.7 Å². The lowest BCUT2D eigenvalue weighted by Gasteiger charge is -2.30. The molecule has 1 aromatic heterocycles. The van der Waals surface area contributed by atoms with Gasteiger partial charge in [0.2, 0.25) is 5.91 Å². The fourth-order valence-corrected chi connectivity index (χ4v) is 7.45. The number of carbonyl (C=O) groups is 2. The summed E-state index contributed by atoms with van der Waals surface area (Å²) in [4.78, 5) is 27.1. The second-order valence-corrected chi connectivity index (χ2v) is 12.0. The number of ether oxygens (including phenoxy) is 1. The van der Waals surface area contributed by atoms with Gasteiger partial charge in [-0.3, -0.25) is 9.59 Å². The lowest BCUT2D eigenvalue weighted by atomic mass is 9.97. The third kappa shape index (κ3) is 5.52. The van der Waals surface area contributed by atoms with Crippen molar-refractivity contribution >= 4 is 33.2 Å². The summed E-state index contributed by atoms with van der Waals surface area (Å²) in [6, 6.07) is 1.52. The highest BCUT2D eigenvalue weighted by atomic mass is 32.2. The number of hydrogen-bond donors (Lipinski definition) is 1. The minimum atomic E-state index is -3.66. The van der Waals surface area contributed by atoms with Gasteiger partial charge in [-0.25, -0.2) is 8.42 Å². The number of hydrogen-bond acceptors (Lipinski definition) is 6. The Morgan fingerprint density at radius 1 is 1.03 bits per heavy atom. The standard InChI is InChI=1S/C22H33N3O5S2/c26-21(23-15-19-6-5-13-30-19)17-7-11-25(12-8-17)32(28,29)20-14-18(16-31-20)22(27)24-9-3-1-2-4-10-24/h14,16-17,19H,1-13,15H2,(H,23,26)/t19-/m0/s1. The number of thiophene rings is 1. The molecule has 1 atom stereocenters. The largest absolute Gasteiger partial charge is 0.376 e. The average molecular weight is 484 g/mol. The van der Waals surface area contributed by atoms with Crippen LogP contribution in [0.3, 0.4) is 0 Å². The second kappa shape index (κ2) is 10.6. The predicted octanol–water partition coefficient (Wildman–Crippen LogP) is 2.46. The summed E-state index contributed by atoms with van der Waals surface area (Å²) in [5, 5.41) is 4.62. The SMILES string of the molecule is O=C(NC[C@@H]1CCCO1)C1CCN(S(=O)(=O)c2cc(C(=O)N3CCCCCC3)cs2)CC1. The zero-order valence-electron chi connectivity index (χ0n) is 18.5. The zero-order valence-corrected chi connectivity index (χ0v) is 20.1. The van der Waals surface area contributed by atoms with Crippen LogP contribution >= 0.6 is 11.3 Å². The molecule has 0 aromatic carbocycles. The summed E-state index contributed by atoms with van der Waals surface area (Å²) < 4.78 is 33.4. The van der Waals surface area contributed by atoms with Gasteiger partial charge in [-0.05, 0) is 44.6 Å². The van der Waals surface area contributed by atoms with Gasteiger partial charge in [-0.2, -0.15) is 4.31 Å². The Bertz CT molecular complexity index is 894. The molecule has 0 aliphatic carbocycles. The smallest absolute Gasteiger partial charge is 0.254 e. The van der Waals surface area contributed by atoms with Crippen molar-refractivity contribution in [2.75, 3.05) is 39.3 Å². The van der Waals surface area contributed by atoms with Crippen LogP contribution < -0.4 is 5.32 Å². The molecule has 3 aliphatic heterocycles. The van der Waals surface area contributed by atoms with Crippen molar-refractivity contribution in [3.8, 4) is 0 Å². The number of amides is 2. The Morgan fingerprint density at radius 2 is 1.75 bits per heavy atom. The van der Waals surface area contributed by atoms with Gasteiger partial charge < -0.3 is 15.0 Å². The van der Waals surface area contributed by atoms with Crippen molar-refractivity contribution in [3.05, 3.63) is 17.0 Å². The number of rotatable bonds is 6. The molecule has 0 spiro atoms. The Hall–Kier alpha value is -1.49. The molecule has 1 N–H and O–H groups in total. The number of carbonyl (C=O) groups excluding carboxylic acids is 2. The fraction of sp³-hybridized carbons (Fsp3) is 0.727. The van der Waals surface area contributed by atoms with E-state index in [9.17, 15) is 18.0 Å². The maximum absolute atomic E-state index is 13.1. The summed E-state index contributed by atoms with van der Waals surface area (Å²) in [6.07, 6.45) is 7.37. The van der Waals surface area contributed by atoms with Crippen molar-refractivity contribution in [1.82, 2.24) is 14.5 Å². The van der Waals surface area contributed by atoms with Crippen LogP contribution in [-0.2, 0) is 19.6 Å². The van der Waals surface area contributed by atoms with Gasteiger partial charge in [0, 0.05) is 50.6 Å². The first-order valence-corrected chi connectivity index (χ1v) is 14.0. The van der Waals surface area contributed by atoms with Crippen LogP contribution in [0, 0.1) is 5.92 Å². The Morgan fingerprint density at radius 3 is 2.41 bits per heavy atom. The summed E-state index contributed by atoms with van der Waals surface area (Å²) in [7, 11) is -3.66. The number of piperidine rings is 1. The fourth-order valence-electron chi connectivity index (χ4n) is 4.67. The zero-order chi connectivity index (χ0) is 22.6. The van der Waals surface area contributed by atoms with Crippen molar-refractivity contribution in [3.63, 3.8) is 0 Å². The van der Waals surface area contributed by atoms with Crippen LogP contribution in [-0.4, -0.2) is 74.9 Å².